The molecule has 11 aromatic rings. The van der Waals surface area contributed by atoms with E-state index in [4.69, 9.17) is 15.9 Å². The van der Waals surface area contributed by atoms with E-state index in [0.29, 0.717) is 59.5 Å². The van der Waals surface area contributed by atoms with E-state index in [2.05, 4.69) is 128 Å². The monoisotopic (exact) mass is 1800 g/mol. The summed E-state index contributed by atoms with van der Waals surface area (Å²) in [6.07, 6.45) is 7.01. The van der Waals surface area contributed by atoms with Crippen LogP contribution in [0.15, 0.2) is 248 Å². The molecule has 0 fully saturated rings. The van der Waals surface area contributed by atoms with Gasteiger partial charge in [-0.2, -0.15) is 0 Å². The van der Waals surface area contributed by atoms with Crippen molar-refractivity contribution in [3.05, 3.63) is 333 Å². The van der Waals surface area contributed by atoms with Crippen LogP contribution < -0.4 is 26.9 Å². The van der Waals surface area contributed by atoms with Crippen molar-refractivity contribution in [3.8, 4) is 0 Å². The number of halogens is 6. The van der Waals surface area contributed by atoms with Gasteiger partial charge in [0.2, 0.25) is 11.8 Å². The van der Waals surface area contributed by atoms with Crippen LogP contribution in [-0.2, 0) is 69.2 Å². The standard InChI is InChI=1S/2C20H20FN5O3.C20H19FN4O3.C11H13N3O2.C7H8.C2H6.3CH3Br/c2*21-16-8-6-15(7-9-16)20(28)22-12-17-13-26(25-23-17)18(11-19(27)24-29)10-14-4-2-1-3-5-14;21-16-8-6-15(7-9-16)20(28)22-12-17-13-25(24-23-17)18(11-19(26)27)10-14-4-2-1-3-5-14;1-16-11(15)8-10(13-14-12)7-9-5-3-2-4-6-9;1-7-5-3-2-4-6-7;4*1-2/h2*1-9,13,18,29H,10-12H2,(H,22,28)(H,24,27);1-9,13,18H,10-12H2,(H,22,28)(H,26,27);2-6,10H,7-8H2,1H3;2-6H,1H3;1-2H3;3*1H3/t3*18-;10-;;;;;/m1111...../s1. The maximum Gasteiger partial charge on any atom is 0.305 e. The number of rotatable bonds is 29. The zero-order chi connectivity index (χ0) is 86.1. The van der Waals surface area contributed by atoms with Crippen molar-refractivity contribution in [2.75, 3.05) is 24.6 Å². The zero-order valence-electron chi connectivity index (χ0n) is 65.4. The van der Waals surface area contributed by atoms with Crippen molar-refractivity contribution in [2.45, 2.75) is 116 Å². The number of hydrogen-bond donors (Lipinski definition) is 8. The minimum Gasteiger partial charge on any atom is -0.481 e. The summed E-state index contributed by atoms with van der Waals surface area (Å²) in [5, 5.41) is 62.8. The molecule has 0 aliphatic heterocycles. The number of carbonyl (C=O) groups excluding carboxylic acids is 6. The van der Waals surface area contributed by atoms with Gasteiger partial charge in [0.25, 0.3) is 17.7 Å². The largest absolute Gasteiger partial charge is 0.481 e. The van der Waals surface area contributed by atoms with Crippen LogP contribution in [0.4, 0.5) is 13.2 Å². The van der Waals surface area contributed by atoms with Gasteiger partial charge in [-0.05, 0) is 151 Å². The van der Waals surface area contributed by atoms with E-state index in [1.54, 1.807) is 38.9 Å². The minimum absolute atomic E-state index is 0.0101. The maximum absolute atomic E-state index is 13.0. The van der Waals surface area contributed by atoms with Crippen LogP contribution in [0.3, 0.4) is 0 Å². The zero-order valence-corrected chi connectivity index (χ0v) is 70.2. The summed E-state index contributed by atoms with van der Waals surface area (Å²) in [6.45, 7) is 6.46. The molecule has 0 saturated heterocycles. The highest BCUT2D eigenvalue weighted by atomic mass is 79.9. The van der Waals surface area contributed by atoms with Crippen LogP contribution in [0.5, 0.6) is 0 Å². The molecule has 0 aliphatic carbocycles. The maximum atomic E-state index is 13.0. The third kappa shape index (κ3) is 39.7. The van der Waals surface area contributed by atoms with Gasteiger partial charge in [0.05, 0.1) is 95.2 Å². The van der Waals surface area contributed by atoms with E-state index >= 15 is 0 Å². The van der Waals surface area contributed by atoms with Crippen LogP contribution in [0.1, 0.15) is 134 Å². The molecule has 8 N–H and O–H groups in total. The van der Waals surface area contributed by atoms with Crippen molar-refractivity contribution in [3.63, 3.8) is 0 Å². The highest BCUT2D eigenvalue weighted by Gasteiger charge is 2.23. The van der Waals surface area contributed by atoms with E-state index in [-0.39, 0.29) is 87.1 Å². The van der Waals surface area contributed by atoms with E-state index in [1.165, 1.54) is 90.2 Å². The third-order valence-electron chi connectivity index (χ3n) is 15.9. The molecule has 3 heterocycles. The van der Waals surface area contributed by atoms with Crippen LogP contribution in [0.25, 0.3) is 10.4 Å². The Kier molecular flexibility index (Phi) is 49.8. The number of amides is 5. The molecule has 0 radical (unpaired) electrons. The molecule has 0 saturated carbocycles. The van der Waals surface area contributed by atoms with Gasteiger partial charge in [0.15, 0.2) is 0 Å². The molecule has 5 amide bonds. The van der Waals surface area contributed by atoms with Crippen molar-refractivity contribution < 1.29 is 67.0 Å². The molecular formula is C83H95Br3F3N17O11. The molecule has 620 valence electrons. The number of nitrogens with one attached hydrogen (secondary N) is 5. The number of ether oxygens (including phenoxy) is 1. The van der Waals surface area contributed by atoms with Crippen molar-refractivity contribution in [1.29, 1.82) is 0 Å². The molecule has 117 heavy (non-hydrogen) atoms. The number of azide groups is 1. The highest BCUT2D eigenvalue weighted by molar-refractivity contribution is 9.09. The smallest absolute Gasteiger partial charge is 0.305 e. The summed E-state index contributed by atoms with van der Waals surface area (Å²) < 4.78 is 48.0. The fourth-order valence-corrected chi connectivity index (χ4v) is 10.4. The fourth-order valence-electron chi connectivity index (χ4n) is 10.4. The Morgan fingerprint density at radius 1 is 0.436 bits per heavy atom. The molecule has 0 spiro atoms. The van der Waals surface area contributed by atoms with Gasteiger partial charge in [-0.1, -0.05) is 240 Å². The number of carbonyl (C=O) groups is 7. The molecule has 28 nitrogen and oxygen atoms in total. The Morgan fingerprint density at radius 2 is 0.709 bits per heavy atom. The van der Waals surface area contributed by atoms with Crippen molar-refractivity contribution in [1.82, 2.24) is 71.9 Å². The average molecular weight is 1800 g/mol. The SMILES string of the molecule is CBr.CBr.CBr.CC.COC(=O)C[C@@H](Cc1ccccc1)N=[N+]=[N-].Cc1ccccc1.O=C(C[C@@H](Cc1ccccc1)n1cc(CNC(=O)c2ccc(F)cc2)nn1)NO.O=C(C[C@@H](Cc1ccccc1)n1cc(CNC(=O)c2ccc(F)cc2)nn1)NO.O=C(O)C[C@@H](Cc1ccccc1)n1cc(CNC(=O)c2ccc(F)cc2)nn1. The number of esters is 1. The first-order chi connectivity index (χ1) is 56.8. The number of alkyl halides is 3. The van der Waals surface area contributed by atoms with E-state index in [1.807, 2.05) is 171 Å². The lowest BCUT2D eigenvalue weighted by atomic mass is 10.0. The summed E-state index contributed by atoms with van der Waals surface area (Å²) in [6, 6.07) is 62.6. The molecule has 0 aliphatic rings. The Hall–Kier alpha value is -12.1. The van der Waals surface area contributed by atoms with Gasteiger partial charge in [-0.3, -0.25) is 44.0 Å². The fraction of sp³-hybridized carbons (Fsp3) is 0.265. The average Bonchev–Trinajstić information content (AvgIpc) is 1.74. The van der Waals surface area contributed by atoms with Crippen LogP contribution in [0, 0.1) is 24.4 Å². The molecule has 0 bridgehead atoms. The van der Waals surface area contributed by atoms with E-state index < -0.39 is 41.3 Å². The van der Waals surface area contributed by atoms with Crippen molar-refractivity contribution >= 4 is 89.3 Å². The number of carboxylic acids is 1. The summed E-state index contributed by atoms with van der Waals surface area (Å²) in [5.74, 6) is 0.744. The lowest BCUT2D eigenvalue weighted by Crippen LogP contribution is -2.25. The van der Waals surface area contributed by atoms with Gasteiger partial charge in [-0.15, -0.1) is 15.3 Å². The molecule has 34 heteroatoms. The van der Waals surface area contributed by atoms with Crippen LogP contribution in [-0.4, -0.2) is 133 Å². The van der Waals surface area contributed by atoms with Gasteiger partial charge >= 0.3 is 11.9 Å². The Balaban J connectivity index is 0.000000386. The molecule has 11 rings (SSSR count). The van der Waals surface area contributed by atoms with Crippen molar-refractivity contribution in [2.24, 2.45) is 5.11 Å². The number of aromatic nitrogens is 9. The van der Waals surface area contributed by atoms with E-state index in [9.17, 15) is 51.8 Å². The summed E-state index contributed by atoms with van der Waals surface area (Å²) in [5.41, 5.74) is 19.5. The topological polar surface area (TPSA) is 390 Å². The highest BCUT2D eigenvalue weighted by Crippen LogP contribution is 2.22. The molecule has 0 unspecified atom stereocenters. The lowest BCUT2D eigenvalue weighted by Gasteiger charge is -2.16. The summed E-state index contributed by atoms with van der Waals surface area (Å²) >= 11 is 8.81. The Labute approximate surface area is 702 Å². The second-order valence-electron chi connectivity index (χ2n) is 24.2. The van der Waals surface area contributed by atoms with E-state index in [0.717, 1.165) is 22.3 Å². The number of hydrogen-bond acceptors (Lipinski definition) is 17. The van der Waals surface area contributed by atoms with Gasteiger partial charge in [0.1, 0.15) is 34.5 Å². The number of benzene rings is 8. The molecule has 4 atom stereocenters. The molecule has 3 aromatic heterocycles. The molecular weight excluding hydrogens is 1710 g/mol. The Morgan fingerprint density at radius 3 is 0.957 bits per heavy atom. The number of nitrogens with zero attached hydrogens (tertiary/aromatic N) is 12. The second-order valence-corrected chi connectivity index (χ2v) is 24.2. The van der Waals surface area contributed by atoms with Crippen LogP contribution >= 0.6 is 47.8 Å². The minimum atomic E-state index is -0.928. The van der Waals surface area contributed by atoms with Gasteiger partial charge in [-0.25, -0.2) is 38.2 Å². The first kappa shape index (κ1) is 99.1. The van der Waals surface area contributed by atoms with Gasteiger partial charge in [0, 0.05) is 21.6 Å². The summed E-state index contributed by atoms with van der Waals surface area (Å²) in [4.78, 5) is 84.8. The number of aliphatic carboxylic acids is 1. The van der Waals surface area contributed by atoms with Crippen LogP contribution in [0.2, 0.25) is 0 Å². The first-order valence-electron chi connectivity index (χ1n) is 36.1. The predicted molar refractivity (Wildman–Crippen MR) is 448 cm³/mol. The summed E-state index contributed by atoms with van der Waals surface area (Å²) in [7, 11) is 1.32. The Bertz CT molecular complexity index is 4520. The number of aryl methyl sites for hydroxylation is 1. The quantitative estimate of drug-likeness (QED) is 0.00410. The molecule has 8 aromatic carbocycles. The number of hydroxylamine groups is 2. The third-order valence-corrected chi connectivity index (χ3v) is 15.9. The number of methoxy groups -OCH3 is 1. The second kappa shape index (κ2) is 58.7. The number of carboxylic acid groups (broad SMARTS) is 1. The lowest BCUT2D eigenvalue weighted by molar-refractivity contribution is -0.141. The predicted octanol–water partition coefficient (Wildman–Crippen LogP) is 15.2. The van der Waals surface area contributed by atoms with Gasteiger partial charge < -0.3 is 25.8 Å². The first-order valence-corrected chi connectivity index (χ1v) is 40.8. The normalized spacial score (nSPS) is 10.9.